The van der Waals surface area contributed by atoms with E-state index < -0.39 is 0 Å². The molecule has 1 aromatic heterocycles. The summed E-state index contributed by atoms with van der Waals surface area (Å²) in [7, 11) is 0. The molecule has 0 bridgehead atoms. The zero-order valence-corrected chi connectivity index (χ0v) is 13.7. The Labute approximate surface area is 132 Å². The lowest BCUT2D eigenvalue weighted by molar-refractivity contribution is 0.0625. The third kappa shape index (κ3) is 2.88. The van der Waals surface area contributed by atoms with Crippen LogP contribution in [0.15, 0.2) is 24.3 Å². The minimum Gasteiger partial charge on any atom is -0.358 e. The summed E-state index contributed by atoms with van der Waals surface area (Å²) in [6.07, 6.45) is 0. The highest BCUT2D eigenvalue weighted by molar-refractivity contribution is 6.08. The maximum atomic E-state index is 12.9. The van der Waals surface area contributed by atoms with E-state index in [2.05, 4.69) is 23.7 Å². The second kappa shape index (κ2) is 6.13. The maximum absolute atomic E-state index is 12.9. The van der Waals surface area contributed by atoms with E-state index in [4.69, 9.17) is 0 Å². The van der Waals surface area contributed by atoms with Crippen molar-refractivity contribution in [2.75, 3.05) is 32.7 Å². The van der Waals surface area contributed by atoms with Gasteiger partial charge in [-0.2, -0.15) is 0 Å². The number of aryl methyl sites for hydroxylation is 1. The van der Waals surface area contributed by atoms with Gasteiger partial charge in [0.15, 0.2) is 0 Å². The Bertz CT molecular complexity index is 666. The number of carbonyl (C=O) groups excluding carboxylic acids is 1. The van der Waals surface area contributed by atoms with Gasteiger partial charge in [0.25, 0.3) is 5.91 Å². The second-order valence-electron chi connectivity index (χ2n) is 6.66. The number of para-hydroxylation sites is 1. The zero-order valence-electron chi connectivity index (χ0n) is 13.7. The van der Waals surface area contributed by atoms with Crippen LogP contribution in [0.1, 0.15) is 29.9 Å². The van der Waals surface area contributed by atoms with Gasteiger partial charge < -0.3 is 9.88 Å². The van der Waals surface area contributed by atoms with E-state index >= 15 is 0 Å². The first-order valence-electron chi connectivity index (χ1n) is 8.15. The smallest absolute Gasteiger partial charge is 0.256 e. The van der Waals surface area contributed by atoms with Crippen LogP contribution >= 0.6 is 0 Å². The number of nitrogens with one attached hydrogen (secondary N) is 1. The predicted molar refractivity (Wildman–Crippen MR) is 90.2 cm³/mol. The predicted octanol–water partition coefficient (Wildman–Crippen LogP) is 2.89. The van der Waals surface area contributed by atoms with Crippen LogP contribution in [0, 0.1) is 12.8 Å². The Morgan fingerprint density at radius 1 is 1.18 bits per heavy atom. The molecule has 1 aliphatic rings. The van der Waals surface area contributed by atoms with Crippen molar-refractivity contribution in [3.05, 3.63) is 35.5 Å². The summed E-state index contributed by atoms with van der Waals surface area (Å²) in [5.74, 6) is 0.845. The van der Waals surface area contributed by atoms with Crippen molar-refractivity contribution in [3.8, 4) is 0 Å². The van der Waals surface area contributed by atoms with Crippen LogP contribution in [0.4, 0.5) is 0 Å². The number of aromatic nitrogens is 1. The first-order chi connectivity index (χ1) is 10.6. The summed E-state index contributed by atoms with van der Waals surface area (Å²) in [6.45, 7) is 11.2. The van der Waals surface area contributed by atoms with E-state index in [0.717, 1.165) is 54.9 Å². The number of H-pyrrole nitrogens is 1. The Kier molecular flexibility index (Phi) is 4.21. The van der Waals surface area contributed by atoms with Gasteiger partial charge in [-0.15, -0.1) is 0 Å². The molecule has 0 aliphatic carbocycles. The first-order valence-corrected chi connectivity index (χ1v) is 8.15. The summed E-state index contributed by atoms with van der Waals surface area (Å²) in [6, 6.07) is 8.05. The lowest BCUT2D eigenvalue weighted by Crippen LogP contribution is -2.49. The largest absolute Gasteiger partial charge is 0.358 e. The first kappa shape index (κ1) is 15.1. The molecule has 0 spiro atoms. The van der Waals surface area contributed by atoms with Crippen LogP contribution < -0.4 is 0 Å². The van der Waals surface area contributed by atoms with E-state index in [-0.39, 0.29) is 5.91 Å². The van der Waals surface area contributed by atoms with Crippen LogP contribution in [0.3, 0.4) is 0 Å². The number of piperazine rings is 1. The highest BCUT2D eigenvalue weighted by atomic mass is 16.2. The average Bonchev–Trinajstić information content (AvgIpc) is 2.82. The standard InChI is InChI=1S/C18H25N3O/c1-13(2)12-20-8-10-21(11-9-20)18(22)17-14(3)19-16-7-5-4-6-15(16)17/h4-7,13,19H,8-12H2,1-3H3. The Morgan fingerprint density at radius 3 is 2.55 bits per heavy atom. The molecule has 0 atom stereocenters. The number of fused-ring (bicyclic) bond motifs is 1. The highest BCUT2D eigenvalue weighted by Gasteiger charge is 2.25. The molecule has 0 saturated carbocycles. The molecule has 1 saturated heterocycles. The van der Waals surface area contributed by atoms with Gasteiger partial charge in [0.2, 0.25) is 0 Å². The number of hydrogen-bond acceptors (Lipinski definition) is 2. The SMILES string of the molecule is Cc1[nH]c2ccccc2c1C(=O)N1CCN(CC(C)C)CC1. The lowest BCUT2D eigenvalue weighted by Gasteiger charge is -2.35. The van der Waals surface area contributed by atoms with Crippen LogP contribution in [0.2, 0.25) is 0 Å². The lowest BCUT2D eigenvalue weighted by atomic mass is 10.1. The fraction of sp³-hybridized carbons (Fsp3) is 0.500. The van der Waals surface area contributed by atoms with E-state index in [9.17, 15) is 4.79 Å². The third-order valence-electron chi connectivity index (χ3n) is 4.39. The van der Waals surface area contributed by atoms with Crippen molar-refractivity contribution in [3.63, 3.8) is 0 Å². The molecule has 1 aliphatic heterocycles. The molecular formula is C18H25N3O. The number of aromatic amines is 1. The van der Waals surface area contributed by atoms with E-state index in [0.29, 0.717) is 5.92 Å². The maximum Gasteiger partial charge on any atom is 0.256 e. The molecule has 1 N–H and O–H groups in total. The summed E-state index contributed by atoms with van der Waals surface area (Å²) in [4.78, 5) is 20.7. The molecule has 1 amide bonds. The van der Waals surface area contributed by atoms with Crippen molar-refractivity contribution in [2.24, 2.45) is 5.92 Å². The summed E-state index contributed by atoms with van der Waals surface area (Å²) in [5, 5.41) is 1.04. The van der Waals surface area contributed by atoms with Gasteiger partial charge in [0, 0.05) is 49.3 Å². The number of carbonyl (C=O) groups is 1. The van der Waals surface area contributed by atoms with Gasteiger partial charge in [-0.1, -0.05) is 32.0 Å². The summed E-state index contributed by atoms with van der Waals surface area (Å²) in [5.41, 5.74) is 2.85. The molecule has 4 nitrogen and oxygen atoms in total. The normalized spacial score (nSPS) is 16.6. The third-order valence-corrected chi connectivity index (χ3v) is 4.39. The van der Waals surface area contributed by atoms with Gasteiger partial charge in [-0.05, 0) is 18.9 Å². The monoisotopic (exact) mass is 299 g/mol. The number of amides is 1. The highest BCUT2D eigenvalue weighted by Crippen LogP contribution is 2.23. The van der Waals surface area contributed by atoms with E-state index in [1.807, 2.05) is 36.1 Å². The van der Waals surface area contributed by atoms with Crippen molar-refractivity contribution < 1.29 is 4.79 Å². The molecule has 1 aromatic carbocycles. The summed E-state index contributed by atoms with van der Waals surface area (Å²) < 4.78 is 0. The quantitative estimate of drug-likeness (QED) is 0.946. The molecule has 118 valence electrons. The molecule has 4 heteroatoms. The van der Waals surface area contributed by atoms with Gasteiger partial charge in [0.05, 0.1) is 5.56 Å². The Balaban J connectivity index is 1.76. The average molecular weight is 299 g/mol. The van der Waals surface area contributed by atoms with Crippen molar-refractivity contribution in [1.29, 1.82) is 0 Å². The van der Waals surface area contributed by atoms with Crippen LogP contribution in [0.5, 0.6) is 0 Å². The number of hydrogen-bond donors (Lipinski definition) is 1. The fourth-order valence-electron chi connectivity index (χ4n) is 3.36. The summed E-state index contributed by atoms with van der Waals surface area (Å²) >= 11 is 0. The number of rotatable bonds is 3. The van der Waals surface area contributed by atoms with Crippen molar-refractivity contribution in [2.45, 2.75) is 20.8 Å². The molecule has 2 aromatic rings. The molecule has 1 fully saturated rings. The fourth-order valence-corrected chi connectivity index (χ4v) is 3.36. The molecule has 2 heterocycles. The van der Waals surface area contributed by atoms with Gasteiger partial charge in [-0.25, -0.2) is 0 Å². The molecule has 0 radical (unpaired) electrons. The second-order valence-corrected chi connectivity index (χ2v) is 6.66. The Hall–Kier alpha value is -1.81. The van der Waals surface area contributed by atoms with E-state index in [1.165, 1.54) is 0 Å². The van der Waals surface area contributed by atoms with Crippen LogP contribution in [-0.4, -0.2) is 53.4 Å². The van der Waals surface area contributed by atoms with Crippen molar-refractivity contribution >= 4 is 16.8 Å². The molecule has 22 heavy (non-hydrogen) atoms. The van der Waals surface area contributed by atoms with Gasteiger partial charge in [-0.3, -0.25) is 9.69 Å². The van der Waals surface area contributed by atoms with Gasteiger partial charge >= 0.3 is 0 Å². The minimum atomic E-state index is 0.166. The number of benzene rings is 1. The van der Waals surface area contributed by atoms with E-state index in [1.54, 1.807) is 0 Å². The van der Waals surface area contributed by atoms with Crippen LogP contribution in [-0.2, 0) is 0 Å². The Morgan fingerprint density at radius 2 is 1.86 bits per heavy atom. The van der Waals surface area contributed by atoms with Gasteiger partial charge in [0.1, 0.15) is 0 Å². The number of nitrogens with zero attached hydrogens (tertiary/aromatic N) is 2. The zero-order chi connectivity index (χ0) is 15.7. The van der Waals surface area contributed by atoms with Crippen molar-refractivity contribution in [1.82, 2.24) is 14.8 Å². The molecule has 3 rings (SSSR count). The minimum absolute atomic E-state index is 0.166. The molecule has 0 unspecified atom stereocenters. The van der Waals surface area contributed by atoms with Crippen LogP contribution in [0.25, 0.3) is 10.9 Å². The topological polar surface area (TPSA) is 39.3 Å². The molecular weight excluding hydrogens is 274 g/mol.